The summed E-state index contributed by atoms with van der Waals surface area (Å²) >= 11 is 0. The van der Waals surface area contributed by atoms with Crippen LogP contribution in [0, 0.1) is 0 Å². The van der Waals surface area contributed by atoms with Crippen molar-refractivity contribution in [1.82, 2.24) is 4.90 Å². The van der Waals surface area contributed by atoms with Gasteiger partial charge in [0.25, 0.3) is 0 Å². The van der Waals surface area contributed by atoms with E-state index in [9.17, 15) is 0 Å². The fourth-order valence-corrected chi connectivity index (χ4v) is 1.79. The number of hydrogen-bond acceptors (Lipinski definition) is 3. The van der Waals surface area contributed by atoms with Gasteiger partial charge in [-0.05, 0) is 31.4 Å². The van der Waals surface area contributed by atoms with Crippen molar-refractivity contribution in [2.75, 3.05) is 13.1 Å². The summed E-state index contributed by atoms with van der Waals surface area (Å²) in [5, 5.41) is 8.14. The highest BCUT2D eigenvalue weighted by molar-refractivity contribution is 5.34. The monoisotopic (exact) mass is 215 g/mol. The molecule has 16 heavy (non-hydrogen) atoms. The van der Waals surface area contributed by atoms with Crippen molar-refractivity contribution in [1.29, 1.82) is 0 Å². The molecule has 0 unspecified atom stereocenters. The first-order valence-corrected chi connectivity index (χ1v) is 5.82. The zero-order valence-corrected chi connectivity index (χ0v) is 9.42. The fourth-order valence-electron chi connectivity index (χ4n) is 1.79. The average Bonchev–Trinajstić information content (AvgIpc) is 2.37. The summed E-state index contributed by atoms with van der Waals surface area (Å²) < 4.78 is 0. The van der Waals surface area contributed by atoms with E-state index in [1.807, 2.05) is 36.5 Å². The van der Waals surface area contributed by atoms with Gasteiger partial charge in [-0.1, -0.05) is 18.2 Å². The number of benzene rings is 1. The predicted molar refractivity (Wildman–Crippen MR) is 65.5 cm³/mol. The average molecular weight is 215 g/mol. The van der Waals surface area contributed by atoms with Gasteiger partial charge in [-0.25, -0.2) is 0 Å². The first-order chi connectivity index (χ1) is 7.95. The molecule has 1 fully saturated rings. The van der Waals surface area contributed by atoms with Crippen molar-refractivity contribution >= 4 is 5.69 Å². The smallest absolute Gasteiger partial charge is 0.0856 e. The molecule has 0 N–H and O–H groups in total. The minimum atomic E-state index is 0.894. The Hall–Kier alpha value is -1.64. The number of azo groups is 1. The van der Waals surface area contributed by atoms with Crippen molar-refractivity contribution in [2.24, 2.45) is 10.2 Å². The molecule has 0 radical (unpaired) electrons. The normalized spacial score (nSPS) is 17.4. The lowest BCUT2D eigenvalue weighted by atomic mass is 10.1. The summed E-state index contributed by atoms with van der Waals surface area (Å²) in [6.07, 6.45) is 7.75. The van der Waals surface area contributed by atoms with E-state index in [0.717, 1.165) is 18.8 Å². The minimum Gasteiger partial charge on any atom is -0.376 e. The highest BCUT2D eigenvalue weighted by atomic mass is 15.1. The van der Waals surface area contributed by atoms with Gasteiger partial charge in [0.2, 0.25) is 0 Å². The Morgan fingerprint density at radius 2 is 1.75 bits per heavy atom. The summed E-state index contributed by atoms with van der Waals surface area (Å²) in [5.74, 6) is 0. The molecule has 2 rings (SSSR count). The molecule has 0 aromatic heterocycles. The summed E-state index contributed by atoms with van der Waals surface area (Å²) in [6, 6.07) is 9.78. The van der Waals surface area contributed by atoms with Crippen LogP contribution in [0.1, 0.15) is 19.3 Å². The van der Waals surface area contributed by atoms with E-state index in [-0.39, 0.29) is 0 Å². The molecule has 0 spiro atoms. The van der Waals surface area contributed by atoms with Crippen LogP contribution in [0.3, 0.4) is 0 Å². The molecule has 1 aromatic carbocycles. The zero-order chi connectivity index (χ0) is 11.1. The molecule has 1 aromatic rings. The van der Waals surface area contributed by atoms with Crippen LogP contribution in [0.15, 0.2) is 53.0 Å². The second kappa shape index (κ2) is 6.05. The summed E-state index contributed by atoms with van der Waals surface area (Å²) in [7, 11) is 0. The Bertz CT molecular complexity index is 351. The number of nitrogens with zero attached hydrogens (tertiary/aromatic N) is 3. The first kappa shape index (κ1) is 10.9. The van der Waals surface area contributed by atoms with Crippen LogP contribution in [0.4, 0.5) is 5.69 Å². The Balaban J connectivity index is 1.82. The highest BCUT2D eigenvalue weighted by Gasteiger charge is 2.04. The summed E-state index contributed by atoms with van der Waals surface area (Å²) in [5.41, 5.74) is 0.894. The van der Waals surface area contributed by atoms with Crippen LogP contribution in [-0.4, -0.2) is 18.0 Å². The van der Waals surface area contributed by atoms with E-state index in [1.165, 1.54) is 19.3 Å². The molecular formula is C13H17N3. The Kier molecular flexibility index (Phi) is 4.11. The Morgan fingerprint density at radius 3 is 2.50 bits per heavy atom. The van der Waals surface area contributed by atoms with Gasteiger partial charge in [-0.3, -0.25) is 0 Å². The highest BCUT2D eigenvalue weighted by Crippen LogP contribution is 2.11. The second-order valence-electron chi connectivity index (χ2n) is 3.95. The third kappa shape index (κ3) is 3.50. The van der Waals surface area contributed by atoms with E-state index in [2.05, 4.69) is 15.1 Å². The van der Waals surface area contributed by atoms with Crippen molar-refractivity contribution in [2.45, 2.75) is 19.3 Å². The van der Waals surface area contributed by atoms with Gasteiger partial charge >= 0.3 is 0 Å². The third-order valence-electron chi connectivity index (χ3n) is 2.66. The summed E-state index contributed by atoms with van der Waals surface area (Å²) in [4.78, 5) is 2.30. The molecule has 3 nitrogen and oxygen atoms in total. The van der Waals surface area contributed by atoms with Crippen molar-refractivity contribution in [3.05, 3.63) is 42.7 Å². The van der Waals surface area contributed by atoms with Crippen LogP contribution in [-0.2, 0) is 0 Å². The quantitative estimate of drug-likeness (QED) is 0.706. The lowest BCUT2D eigenvalue weighted by molar-refractivity contribution is 0.309. The molecule has 1 aliphatic rings. The molecule has 1 heterocycles. The van der Waals surface area contributed by atoms with Gasteiger partial charge in [0, 0.05) is 19.3 Å². The molecule has 3 heteroatoms. The van der Waals surface area contributed by atoms with Gasteiger partial charge in [0.15, 0.2) is 0 Å². The Morgan fingerprint density at radius 1 is 1.00 bits per heavy atom. The van der Waals surface area contributed by atoms with E-state index in [0.29, 0.717) is 0 Å². The van der Waals surface area contributed by atoms with Crippen molar-refractivity contribution in [3.63, 3.8) is 0 Å². The number of hydrogen-bond donors (Lipinski definition) is 0. The zero-order valence-electron chi connectivity index (χ0n) is 9.42. The number of piperidine rings is 1. The van der Waals surface area contributed by atoms with Crippen LogP contribution >= 0.6 is 0 Å². The predicted octanol–water partition coefficient (Wildman–Crippen LogP) is 3.73. The van der Waals surface area contributed by atoms with Crippen molar-refractivity contribution in [3.8, 4) is 0 Å². The van der Waals surface area contributed by atoms with Crippen LogP contribution in [0.25, 0.3) is 0 Å². The third-order valence-corrected chi connectivity index (χ3v) is 2.66. The molecular weight excluding hydrogens is 198 g/mol. The van der Waals surface area contributed by atoms with Crippen LogP contribution in [0.5, 0.6) is 0 Å². The van der Waals surface area contributed by atoms with Gasteiger partial charge < -0.3 is 4.90 Å². The lowest BCUT2D eigenvalue weighted by Crippen LogP contribution is -2.23. The van der Waals surface area contributed by atoms with Gasteiger partial charge in [0.05, 0.1) is 11.9 Å². The van der Waals surface area contributed by atoms with E-state index < -0.39 is 0 Å². The van der Waals surface area contributed by atoms with E-state index >= 15 is 0 Å². The molecule has 0 amide bonds. The van der Waals surface area contributed by atoms with Gasteiger partial charge in [0.1, 0.15) is 0 Å². The molecule has 1 aliphatic heterocycles. The van der Waals surface area contributed by atoms with Gasteiger partial charge in [-0.2, -0.15) is 10.2 Å². The maximum absolute atomic E-state index is 4.10. The fraction of sp³-hybridized carbons (Fsp3) is 0.385. The Labute approximate surface area is 96.5 Å². The number of rotatable bonds is 3. The lowest BCUT2D eigenvalue weighted by Gasteiger charge is -2.24. The molecule has 84 valence electrons. The van der Waals surface area contributed by atoms with Crippen molar-refractivity contribution < 1.29 is 0 Å². The first-order valence-electron chi connectivity index (χ1n) is 5.82. The standard InChI is InChI=1S/C13H17N3/c1-3-7-13(8-4-1)15-14-9-12-16-10-5-2-6-11-16/h1,3-4,7-9,12H,2,5-6,10-11H2/b12-9+,15-14?. The maximum Gasteiger partial charge on any atom is 0.0856 e. The molecule has 1 saturated heterocycles. The maximum atomic E-state index is 4.10. The van der Waals surface area contributed by atoms with Crippen LogP contribution < -0.4 is 0 Å². The summed E-state index contributed by atoms with van der Waals surface area (Å²) in [6.45, 7) is 2.30. The minimum absolute atomic E-state index is 0.894. The van der Waals surface area contributed by atoms with Crippen LogP contribution in [0.2, 0.25) is 0 Å². The SMILES string of the molecule is C(=C\N1CCCCC1)/N=Nc1ccccc1. The molecule has 0 bridgehead atoms. The largest absolute Gasteiger partial charge is 0.376 e. The van der Waals surface area contributed by atoms with E-state index in [1.54, 1.807) is 6.20 Å². The second-order valence-corrected chi connectivity index (χ2v) is 3.95. The van der Waals surface area contributed by atoms with E-state index in [4.69, 9.17) is 0 Å². The topological polar surface area (TPSA) is 28.0 Å². The number of likely N-dealkylation sites (tertiary alicyclic amines) is 1. The molecule has 0 aliphatic carbocycles. The molecule has 0 saturated carbocycles. The molecule has 0 atom stereocenters. The van der Waals surface area contributed by atoms with Gasteiger partial charge in [-0.15, -0.1) is 0 Å².